The van der Waals surface area contributed by atoms with Gasteiger partial charge in [-0.3, -0.25) is 9.48 Å². The Morgan fingerprint density at radius 1 is 1.25 bits per heavy atom. The van der Waals surface area contributed by atoms with Gasteiger partial charge in [-0.15, -0.1) is 0 Å². The first-order valence-electron chi connectivity index (χ1n) is 8.38. The minimum absolute atomic E-state index is 0.0516. The normalized spacial score (nSPS) is 20.2. The molecule has 0 aromatic carbocycles. The van der Waals surface area contributed by atoms with E-state index in [0.29, 0.717) is 11.6 Å². The highest BCUT2D eigenvalue weighted by Crippen LogP contribution is 2.50. The molecule has 7 heteroatoms. The molecule has 2 fully saturated rings. The van der Waals surface area contributed by atoms with Crippen molar-refractivity contribution in [2.45, 2.75) is 44.1 Å². The summed E-state index contributed by atoms with van der Waals surface area (Å²) in [4.78, 5) is 22.6. The van der Waals surface area contributed by atoms with Gasteiger partial charge < -0.3 is 4.90 Å². The van der Waals surface area contributed by atoms with Gasteiger partial charge in [0, 0.05) is 30.9 Å². The molecule has 126 valence electrons. The Morgan fingerprint density at radius 3 is 2.50 bits per heavy atom. The molecule has 1 saturated carbocycles. The summed E-state index contributed by atoms with van der Waals surface area (Å²) >= 11 is 5.78. The number of anilines is 1. The number of halogens is 1. The van der Waals surface area contributed by atoms with Gasteiger partial charge in [0.1, 0.15) is 0 Å². The van der Waals surface area contributed by atoms with Crippen molar-refractivity contribution in [2.24, 2.45) is 0 Å². The second kappa shape index (κ2) is 5.84. The van der Waals surface area contributed by atoms with E-state index in [1.54, 1.807) is 18.6 Å². The van der Waals surface area contributed by atoms with E-state index in [0.717, 1.165) is 50.4 Å². The second-order valence-electron chi connectivity index (χ2n) is 6.95. The van der Waals surface area contributed by atoms with Crippen LogP contribution >= 0.6 is 11.6 Å². The van der Waals surface area contributed by atoms with Crippen molar-refractivity contribution in [3.8, 4) is 0 Å². The lowest BCUT2D eigenvalue weighted by Crippen LogP contribution is -2.36. The van der Waals surface area contributed by atoms with E-state index in [1.807, 2.05) is 6.07 Å². The standard InChI is InChI=1S/C17H20ClN5O/c1-17(5-6-17)14-13(15(18)24)11-21-23(14)12-3-9-22(10-4-12)16-19-7-2-8-20-16/h2,7-8,11-12H,3-6,9-10H2,1H3. The van der Waals surface area contributed by atoms with Gasteiger partial charge in [-0.1, -0.05) is 6.92 Å². The van der Waals surface area contributed by atoms with Gasteiger partial charge in [0.05, 0.1) is 23.5 Å². The maximum absolute atomic E-state index is 11.8. The molecule has 0 atom stereocenters. The van der Waals surface area contributed by atoms with E-state index < -0.39 is 5.24 Å². The highest BCUT2D eigenvalue weighted by atomic mass is 35.5. The fraction of sp³-hybridized carbons (Fsp3) is 0.529. The zero-order chi connectivity index (χ0) is 16.7. The number of aromatic nitrogens is 4. The smallest absolute Gasteiger partial charge is 0.255 e. The number of carbonyl (C=O) groups is 1. The molecule has 4 rings (SSSR count). The molecule has 24 heavy (non-hydrogen) atoms. The molecular weight excluding hydrogens is 326 g/mol. The molecule has 0 amide bonds. The van der Waals surface area contributed by atoms with Gasteiger partial charge in [-0.25, -0.2) is 9.97 Å². The van der Waals surface area contributed by atoms with Crippen LogP contribution in [0.4, 0.5) is 5.95 Å². The monoisotopic (exact) mass is 345 g/mol. The van der Waals surface area contributed by atoms with Crippen molar-refractivity contribution in [3.63, 3.8) is 0 Å². The van der Waals surface area contributed by atoms with Crippen molar-refractivity contribution in [1.82, 2.24) is 19.7 Å². The Labute approximate surface area is 145 Å². The second-order valence-corrected chi connectivity index (χ2v) is 7.30. The largest absolute Gasteiger partial charge is 0.341 e. The molecule has 2 aromatic rings. The topological polar surface area (TPSA) is 63.9 Å². The van der Waals surface area contributed by atoms with Gasteiger partial charge >= 0.3 is 0 Å². The zero-order valence-electron chi connectivity index (χ0n) is 13.7. The lowest BCUT2D eigenvalue weighted by molar-refractivity contribution is 0.107. The van der Waals surface area contributed by atoms with Crippen LogP contribution in [0.1, 0.15) is 54.7 Å². The number of piperidine rings is 1. The zero-order valence-corrected chi connectivity index (χ0v) is 14.4. The first-order valence-corrected chi connectivity index (χ1v) is 8.76. The van der Waals surface area contributed by atoms with Crippen LogP contribution in [0, 0.1) is 0 Å². The summed E-state index contributed by atoms with van der Waals surface area (Å²) in [6.07, 6.45) is 9.27. The fourth-order valence-electron chi connectivity index (χ4n) is 3.57. The van der Waals surface area contributed by atoms with Gasteiger partial charge in [-0.05, 0) is 43.4 Å². The number of nitrogens with zero attached hydrogens (tertiary/aromatic N) is 5. The van der Waals surface area contributed by atoms with E-state index >= 15 is 0 Å². The highest BCUT2D eigenvalue weighted by molar-refractivity contribution is 6.67. The average Bonchev–Trinajstić information content (AvgIpc) is 3.19. The molecule has 2 aliphatic rings. The summed E-state index contributed by atoms with van der Waals surface area (Å²) in [5.74, 6) is 0.780. The average molecular weight is 346 g/mol. The summed E-state index contributed by atoms with van der Waals surface area (Å²) in [5.41, 5.74) is 1.65. The Kier molecular flexibility index (Phi) is 3.79. The Bertz CT molecular complexity index is 748. The third-order valence-electron chi connectivity index (χ3n) is 5.22. The van der Waals surface area contributed by atoms with Gasteiger partial charge in [0.25, 0.3) is 5.24 Å². The van der Waals surface area contributed by atoms with Crippen LogP contribution in [-0.4, -0.2) is 38.1 Å². The molecule has 1 saturated heterocycles. The van der Waals surface area contributed by atoms with Gasteiger partial charge in [0.2, 0.25) is 5.95 Å². The summed E-state index contributed by atoms with van der Waals surface area (Å²) in [7, 11) is 0. The number of hydrogen-bond acceptors (Lipinski definition) is 5. The van der Waals surface area contributed by atoms with Crippen LogP contribution < -0.4 is 4.90 Å². The SMILES string of the molecule is CC1(c2c(C(=O)Cl)cnn2C2CCN(c3ncccn3)CC2)CC1. The Balaban J connectivity index is 1.55. The third kappa shape index (κ3) is 2.69. The number of carbonyl (C=O) groups excluding carboxylic acids is 1. The van der Waals surface area contributed by atoms with Crippen LogP contribution in [0.5, 0.6) is 0 Å². The molecule has 6 nitrogen and oxygen atoms in total. The number of hydrogen-bond donors (Lipinski definition) is 0. The first kappa shape index (κ1) is 15.6. The van der Waals surface area contributed by atoms with Gasteiger partial charge in [-0.2, -0.15) is 5.10 Å². The maximum atomic E-state index is 11.8. The van der Waals surface area contributed by atoms with E-state index in [9.17, 15) is 4.79 Å². The Morgan fingerprint density at radius 2 is 1.92 bits per heavy atom. The first-order chi connectivity index (χ1) is 11.6. The highest BCUT2D eigenvalue weighted by Gasteiger charge is 2.45. The summed E-state index contributed by atoms with van der Waals surface area (Å²) in [6, 6.07) is 2.12. The van der Waals surface area contributed by atoms with Crippen molar-refractivity contribution < 1.29 is 4.79 Å². The molecule has 1 aliphatic heterocycles. The van der Waals surface area contributed by atoms with Crippen molar-refractivity contribution in [1.29, 1.82) is 0 Å². The molecule has 0 spiro atoms. The Hall–Kier alpha value is -1.95. The lowest BCUT2D eigenvalue weighted by atomic mass is 9.98. The summed E-state index contributed by atoms with van der Waals surface area (Å²) in [6.45, 7) is 3.96. The van der Waals surface area contributed by atoms with Gasteiger partial charge in [0.15, 0.2) is 0 Å². The van der Waals surface area contributed by atoms with Crippen LogP contribution in [0.3, 0.4) is 0 Å². The van der Waals surface area contributed by atoms with E-state index in [1.165, 1.54) is 0 Å². The van der Waals surface area contributed by atoms with E-state index in [4.69, 9.17) is 11.6 Å². The van der Waals surface area contributed by atoms with Crippen LogP contribution in [0.2, 0.25) is 0 Å². The van der Waals surface area contributed by atoms with E-state index in [2.05, 4.69) is 31.6 Å². The number of rotatable bonds is 4. The summed E-state index contributed by atoms with van der Waals surface area (Å²) < 4.78 is 2.06. The minimum atomic E-state index is -0.403. The molecular formula is C17H20ClN5O. The third-order valence-corrected chi connectivity index (χ3v) is 5.43. The van der Waals surface area contributed by atoms with Crippen LogP contribution in [0.25, 0.3) is 0 Å². The van der Waals surface area contributed by atoms with Crippen molar-refractivity contribution in [2.75, 3.05) is 18.0 Å². The van der Waals surface area contributed by atoms with Crippen molar-refractivity contribution >= 4 is 22.8 Å². The molecule has 2 aromatic heterocycles. The van der Waals surface area contributed by atoms with E-state index in [-0.39, 0.29) is 5.41 Å². The predicted molar refractivity (Wildman–Crippen MR) is 91.5 cm³/mol. The minimum Gasteiger partial charge on any atom is -0.341 e. The van der Waals surface area contributed by atoms with Crippen molar-refractivity contribution in [3.05, 3.63) is 35.9 Å². The maximum Gasteiger partial charge on any atom is 0.255 e. The summed E-state index contributed by atoms with van der Waals surface area (Å²) in [5, 5.41) is 4.12. The quantitative estimate of drug-likeness (QED) is 0.797. The molecule has 1 aliphatic carbocycles. The van der Waals surface area contributed by atoms with Crippen LogP contribution in [0.15, 0.2) is 24.7 Å². The molecule has 0 radical (unpaired) electrons. The lowest BCUT2D eigenvalue weighted by Gasteiger charge is -2.33. The van der Waals surface area contributed by atoms with Crippen LogP contribution in [-0.2, 0) is 5.41 Å². The molecule has 3 heterocycles. The molecule has 0 bridgehead atoms. The molecule has 0 N–H and O–H groups in total. The fourth-order valence-corrected chi connectivity index (χ4v) is 3.71. The predicted octanol–water partition coefficient (Wildman–Crippen LogP) is 2.95. The molecule has 0 unspecified atom stereocenters.